The van der Waals surface area contributed by atoms with Crippen molar-refractivity contribution in [3.05, 3.63) is 35.5 Å². The predicted molar refractivity (Wildman–Crippen MR) is 78.8 cm³/mol. The highest BCUT2D eigenvalue weighted by atomic mass is 32.2. The third kappa shape index (κ3) is 3.34. The number of para-hydroxylation sites is 1. The topological polar surface area (TPSA) is 64.5 Å². The van der Waals surface area contributed by atoms with Gasteiger partial charge in [0.2, 0.25) is 0 Å². The third-order valence-electron chi connectivity index (χ3n) is 2.67. The molecule has 0 saturated heterocycles. The van der Waals surface area contributed by atoms with Gasteiger partial charge in [-0.3, -0.25) is 5.14 Å². The Morgan fingerprint density at radius 1 is 1.44 bits per heavy atom. The van der Waals surface area contributed by atoms with Gasteiger partial charge in [-0.1, -0.05) is 26.0 Å². The molecule has 0 spiro atoms. The molecule has 0 fully saturated rings. The minimum absolute atomic E-state index is 0.384. The van der Waals surface area contributed by atoms with Gasteiger partial charge in [0, 0.05) is 30.9 Å². The molecule has 0 aliphatic rings. The maximum atomic E-state index is 6.09. The third-order valence-corrected chi connectivity index (χ3v) is 3.11. The molecule has 0 bridgehead atoms. The Bertz CT molecular complexity index is 432. The standard InChI is InChI=1S/C13H21N3OS/c1-9(2)10-6-5-7-11(13(10)17-4)12(14)8-16(3)18-15/h5-9H,14-15H2,1-4H3/b12-8-. The Morgan fingerprint density at radius 3 is 2.61 bits per heavy atom. The zero-order valence-electron chi connectivity index (χ0n) is 11.3. The maximum Gasteiger partial charge on any atom is 0.131 e. The van der Waals surface area contributed by atoms with Crippen molar-refractivity contribution in [3.63, 3.8) is 0 Å². The molecule has 1 aromatic carbocycles. The second-order valence-electron chi connectivity index (χ2n) is 4.32. The fraction of sp³-hybridized carbons (Fsp3) is 0.385. The Labute approximate surface area is 113 Å². The number of methoxy groups -OCH3 is 1. The minimum atomic E-state index is 0.384. The van der Waals surface area contributed by atoms with Crippen molar-refractivity contribution in [2.75, 3.05) is 14.2 Å². The molecule has 0 radical (unpaired) electrons. The average molecular weight is 267 g/mol. The molecule has 0 amide bonds. The number of nitrogens with zero attached hydrogens (tertiary/aromatic N) is 1. The smallest absolute Gasteiger partial charge is 0.131 e. The Kier molecular flexibility index (Phi) is 5.37. The van der Waals surface area contributed by atoms with Gasteiger partial charge >= 0.3 is 0 Å². The zero-order chi connectivity index (χ0) is 13.7. The molecule has 0 heterocycles. The molecule has 0 atom stereocenters. The van der Waals surface area contributed by atoms with Crippen LogP contribution in [-0.2, 0) is 0 Å². The van der Waals surface area contributed by atoms with Gasteiger partial charge < -0.3 is 14.8 Å². The van der Waals surface area contributed by atoms with E-state index in [4.69, 9.17) is 15.6 Å². The molecule has 4 nitrogen and oxygen atoms in total. The second kappa shape index (κ2) is 6.56. The maximum absolute atomic E-state index is 6.09. The lowest BCUT2D eigenvalue weighted by atomic mass is 9.98. The lowest BCUT2D eigenvalue weighted by Gasteiger charge is -2.17. The van der Waals surface area contributed by atoms with Gasteiger partial charge in [0.25, 0.3) is 0 Å². The lowest BCUT2D eigenvalue weighted by Crippen LogP contribution is -2.09. The summed E-state index contributed by atoms with van der Waals surface area (Å²) in [6, 6.07) is 6.00. The summed E-state index contributed by atoms with van der Waals surface area (Å²) in [6.07, 6.45) is 1.78. The van der Waals surface area contributed by atoms with Crippen molar-refractivity contribution in [3.8, 4) is 5.75 Å². The molecular weight excluding hydrogens is 246 g/mol. The number of rotatable bonds is 5. The number of ether oxygens (including phenoxy) is 1. The Morgan fingerprint density at radius 2 is 2.11 bits per heavy atom. The Hall–Kier alpha value is -1.33. The van der Waals surface area contributed by atoms with Gasteiger partial charge in [0.1, 0.15) is 5.75 Å². The van der Waals surface area contributed by atoms with Crippen LogP contribution in [0.2, 0.25) is 0 Å². The average Bonchev–Trinajstić information content (AvgIpc) is 2.37. The van der Waals surface area contributed by atoms with Gasteiger partial charge in [-0.2, -0.15) is 0 Å². The van der Waals surface area contributed by atoms with Gasteiger partial charge in [0.15, 0.2) is 0 Å². The molecule has 5 heteroatoms. The Balaban J connectivity index is 3.24. The van der Waals surface area contributed by atoms with Crippen LogP contribution in [0.1, 0.15) is 30.9 Å². The number of hydrogen-bond donors (Lipinski definition) is 2. The van der Waals surface area contributed by atoms with E-state index >= 15 is 0 Å². The van der Waals surface area contributed by atoms with Crippen LogP contribution in [0.4, 0.5) is 0 Å². The van der Waals surface area contributed by atoms with Crippen molar-refractivity contribution in [2.45, 2.75) is 19.8 Å². The van der Waals surface area contributed by atoms with Crippen LogP contribution in [-0.4, -0.2) is 18.5 Å². The molecule has 0 saturated carbocycles. The molecule has 1 aromatic rings. The first kappa shape index (κ1) is 14.7. The van der Waals surface area contributed by atoms with E-state index in [9.17, 15) is 0 Å². The lowest BCUT2D eigenvalue weighted by molar-refractivity contribution is 0.406. The van der Waals surface area contributed by atoms with Crippen LogP contribution >= 0.6 is 12.1 Å². The zero-order valence-corrected chi connectivity index (χ0v) is 12.1. The molecular formula is C13H21N3OS. The molecule has 0 unspecified atom stereocenters. The first-order valence-electron chi connectivity index (χ1n) is 5.75. The van der Waals surface area contributed by atoms with Gasteiger partial charge in [-0.15, -0.1) is 0 Å². The predicted octanol–water partition coefficient (Wildman–Crippen LogP) is 2.53. The highest BCUT2D eigenvalue weighted by Gasteiger charge is 2.13. The second-order valence-corrected chi connectivity index (χ2v) is 5.11. The van der Waals surface area contributed by atoms with Gasteiger partial charge in [-0.05, 0) is 17.5 Å². The molecule has 4 N–H and O–H groups in total. The number of nitrogens with two attached hydrogens (primary N) is 2. The summed E-state index contributed by atoms with van der Waals surface area (Å²) in [4.78, 5) is 0. The van der Waals surface area contributed by atoms with Crippen LogP contribution in [0, 0.1) is 0 Å². The van der Waals surface area contributed by atoms with Crippen LogP contribution < -0.4 is 15.6 Å². The van der Waals surface area contributed by atoms with E-state index in [-0.39, 0.29) is 0 Å². The summed E-state index contributed by atoms with van der Waals surface area (Å²) in [5, 5.41) is 5.46. The van der Waals surface area contributed by atoms with Crippen LogP contribution in [0.15, 0.2) is 24.4 Å². The van der Waals surface area contributed by atoms with Crippen LogP contribution in [0.25, 0.3) is 5.70 Å². The summed E-state index contributed by atoms with van der Waals surface area (Å²) >= 11 is 1.11. The van der Waals surface area contributed by atoms with Crippen molar-refractivity contribution in [1.82, 2.24) is 4.31 Å². The first-order valence-corrected chi connectivity index (χ1v) is 6.59. The van der Waals surface area contributed by atoms with Crippen molar-refractivity contribution < 1.29 is 4.74 Å². The van der Waals surface area contributed by atoms with Gasteiger partial charge in [-0.25, -0.2) is 0 Å². The van der Waals surface area contributed by atoms with E-state index in [0.29, 0.717) is 11.6 Å². The number of hydrogen-bond acceptors (Lipinski definition) is 5. The summed E-state index contributed by atoms with van der Waals surface area (Å²) in [5.41, 5.74) is 8.76. The van der Waals surface area contributed by atoms with Crippen molar-refractivity contribution in [2.24, 2.45) is 10.9 Å². The molecule has 1 rings (SSSR count). The highest BCUT2D eigenvalue weighted by molar-refractivity contribution is 7.94. The first-order chi connectivity index (χ1) is 8.51. The largest absolute Gasteiger partial charge is 0.496 e. The molecule has 0 aliphatic heterocycles. The van der Waals surface area contributed by atoms with Crippen molar-refractivity contribution >= 4 is 17.8 Å². The SMILES string of the molecule is COc1c(/C(N)=C/N(C)SN)cccc1C(C)C. The normalized spacial score (nSPS) is 11.8. The fourth-order valence-electron chi connectivity index (χ4n) is 1.76. The van der Waals surface area contributed by atoms with E-state index in [2.05, 4.69) is 19.9 Å². The van der Waals surface area contributed by atoms with Crippen molar-refractivity contribution in [1.29, 1.82) is 0 Å². The van der Waals surface area contributed by atoms with E-state index in [1.54, 1.807) is 17.6 Å². The minimum Gasteiger partial charge on any atom is -0.496 e. The summed E-state index contributed by atoms with van der Waals surface area (Å²) in [7, 11) is 3.51. The fourth-order valence-corrected chi connectivity index (χ4v) is 1.93. The van der Waals surface area contributed by atoms with E-state index in [0.717, 1.165) is 29.0 Å². The highest BCUT2D eigenvalue weighted by Crippen LogP contribution is 2.32. The van der Waals surface area contributed by atoms with E-state index < -0.39 is 0 Å². The summed E-state index contributed by atoms with van der Waals surface area (Å²) < 4.78 is 7.24. The molecule has 100 valence electrons. The number of benzene rings is 1. The quantitative estimate of drug-likeness (QED) is 0.803. The molecule has 0 aliphatic carbocycles. The van der Waals surface area contributed by atoms with Crippen LogP contribution in [0.5, 0.6) is 5.75 Å². The van der Waals surface area contributed by atoms with E-state index in [1.165, 1.54) is 0 Å². The monoisotopic (exact) mass is 267 g/mol. The van der Waals surface area contributed by atoms with Crippen LogP contribution in [0.3, 0.4) is 0 Å². The molecule has 0 aromatic heterocycles. The summed E-state index contributed by atoms with van der Waals surface area (Å²) in [6.45, 7) is 4.26. The van der Waals surface area contributed by atoms with Gasteiger partial charge in [0.05, 0.1) is 12.8 Å². The van der Waals surface area contributed by atoms with E-state index in [1.807, 2.05) is 19.2 Å². The summed E-state index contributed by atoms with van der Waals surface area (Å²) in [5.74, 6) is 1.21. The molecule has 18 heavy (non-hydrogen) atoms.